The van der Waals surface area contributed by atoms with Gasteiger partial charge in [0.25, 0.3) is 0 Å². The number of hydrogen-bond acceptors (Lipinski definition) is 17. The first-order chi connectivity index (χ1) is 39.2. The van der Waals surface area contributed by atoms with Crippen LogP contribution < -0.4 is 0 Å². The highest BCUT2D eigenvalue weighted by Gasteiger charge is 2.50. The number of imidazole rings is 2. The molecule has 0 amide bonds. The van der Waals surface area contributed by atoms with Crippen LogP contribution in [-0.4, -0.2) is 120 Å². The first kappa shape index (κ1) is 56.5. The maximum absolute atomic E-state index is 13.3. The first-order valence-electron chi connectivity index (χ1n) is 24.8. The lowest BCUT2D eigenvalue weighted by Crippen LogP contribution is -2.36. The molecule has 10 atom stereocenters. The normalized spacial score (nSPS) is 21.0. The number of rotatable bonds is 11. The van der Waals surface area contributed by atoms with Crippen molar-refractivity contribution in [2.24, 2.45) is 0 Å². The number of H-pyrrole nitrogens is 1. The number of aliphatic hydroxyl groups is 5. The van der Waals surface area contributed by atoms with Crippen molar-refractivity contribution in [1.29, 1.82) is 0 Å². The molecule has 0 saturated carbocycles. The summed E-state index contributed by atoms with van der Waals surface area (Å²) < 4.78 is 24.5. The number of carbonyl (C=O) groups excluding carboxylic acids is 2. The molecule has 2 aliphatic rings. The van der Waals surface area contributed by atoms with Gasteiger partial charge in [0.2, 0.25) is 0 Å². The molecule has 4 aromatic heterocycles. The maximum Gasteiger partial charge on any atom is 0.338 e. The lowest BCUT2D eigenvalue weighted by atomic mass is 9.98. The molecule has 2 aliphatic heterocycles. The minimum absolute atomic E-state index is 0.139. The molecule has 6 N–H and O–H groups in total. The van der Waals surface area contributed by atoms with Gasteiger partial charge in [0.1, 0.15) is 60.3 Å². The molecule has 412 valence electrons. The molecule has 1 unspecified atom stereocenters. The van der Waals surface area contributed by atoms with Crippen LogP contribution in [0.2, 0.25) is 20.4 Å². The average Bonchev–Trinajstić information content (AvgIpc) is 4.43. The average molecular weight is 1170 g/mol. The Hall–Kier alpha value is -7.76. The van der Waals surface area contributed by atoms with E-state index in [4.69, 9.17) is 65.4 Å². The molecule has 2 saturated heterocycles. The van der Waals surface area contributed by atoms with Gasteiger partial charge in [-0.1, -0.05) is 156 Å². The van der Waals surface area contributed by atoms with Crippen LogP contribution >= 0.6 is 46.4 Å². The molecule has 19 nitrogen and oxygen atoms in total. The summed E-state index contributed by atoms with van der Waals surface area (Å²) in [6.07, 6.45) is -7.31. The van der Waals surface area contributed by atoms with E-state index in [2.05, 4.69) is 34.9 Å². The molecule has 0 aliphatic carbocycles. The van der Waals surface area contributed by atoms with Gasteiger partial charge in [0.05, 0.1) is 23.8 Å². The third kappa shape index (κ3) is 12.7. The Morgan fingerprint density at radius 3 is 1.47 bits per heavy atom. The van der Waals surface area contributed by atoms with E-state index in [0.29, 0.717) is 59.8 Å². The van der Waals surface area contributed by atoms with Crippen LogP contribution in [0, 0.1) is 0 Å². The van der Waals surface area contributed by atoms with Crippen LogP contribution in [0.4, 0.5) is 0 Å². The summed E-state index contributed by atoms with van der Waals surface area (Å²) >= 11 is 23.8. The van der Waals surface area contributed by atoms with Crippen LogP contribution in [-0.2, 0) is 18.9 Å². The van der Waals surface area contributed by atoms with Crippen LogP contribution in [0.15, 0.2) is 183 Å². The summed E-state index contributed by atoms with van der Waals surface area (Å²) in [5.41, 5.74) is 7.50. The Kier molecular flexibility index (Phi) is 17.7. The topological polar surface area (TPSA) is 270 Å². The second kappa shape index (κ2) is 25.4. The molecule has 2 fully saturated rings. The van der Waals surface area contributed by atoms with Gasteiger partial charge < -0.3 is 49.5 Å². The van der Waals surface area contributed by atoms with Crippen LogP contribution in [0.25, 0.3) is 44.6 Å². The molecule has 0 spiro atoms. The SMILES string of the molecule is Clc1ncnc2nc[nH]c12.O=C(O[C@H](c1ccc(Cl)cc1)[C@H]1OC(O)[C@H](O)[C@@H]1O)c1ccc(-c2ccccc2)cc1.O=C(O[C@H](c1ccc(Cl)cc1)[C@H]1O[C@@H](n2cnc3c(Cl)ncnc32)[C@H](O)[C@@H]1O)c1ccc(-c2ccccc2)cc1. The minimum Gasteiger partial charge on any atom is -0.451 e. The maximum atomic E-state index is 13.3. The number of aromatic nitrogens is 8. The van der Waals surface area contributed by atoms with E-state index < -0.39 is 73.3 Å². The summed E-state index contributed by atoms with van der Waals surface area (Å²) in [5, 5.41) is 53.6. The summed E-state index contributed by atoms with van der Waals surface area (Å²) in [6, 6.07) is 46.6. The van der Waals surface area contributed by atoms with Gasteiger partial charge in [-0.05, 0) is 81.9 Å². The van der Waals surface area contributed by atoms with E-state index in [1.807, 2.05) is 84.9 Å². The van der Waals surface area contributed by atoms with Crippen molar-refractivity contribution < 1.29 is 54.1 Å². The highest BCUT2D eigenvalue weighted by Crippen LogP contribution is 2.40. The van der Waals surface area contributed by atoms with Gasteiger partial charge in [0.15, 0.2) is 46.3 Å². The quantitative estimate of drug-likeness (QED) is 0.0520. The molecule has 0 radical (unpaired) electrons. The van der Waals surface area contributed by atoms with E-state index >= 15 is 0 Å². The number of aliphatic hydroxyl groups excluding tert-OH is 5. The Bertz CT molecular complexity index is 3740. The molecule has 23 heteroatoms. The standard InChI is InChI=1S/C29H22Cl2N4O5.C24H21ClO6.C5H3ClN4/c30-20-12-10-18(11-13-20)24(40-29(38)19-8-6-17(7-9-19)16-4-2-1-3-5-16)25-22(36)23(37)28(39-25)35-15-34-21-26(31)32-14-33-27(21)35;25-18-12-10-16(11-13-18)21(22-19(26)20(27)24(29)31-22)30-23(28)17-8-6-15(7-9-17)14-4-2-1-3-5-14;6-4-3-5(9-1-7-3)10-2-8-4/h1-15,22-25,28,36-37H;1-13,19-22,24,26-27,29H;1-2H,(H,7,8,9,10)/t22-,23+,24+,25-,28+;19-,20+,21+,22-,24?;/m00./s1. The Morgan fingerprint density at radius 1 is 0.506 bits per heavy atom. The van der Waals surface area contributed by atoms with Crippen LogP contribution in [0.1, 0.15) is 50.3 Å². The predicted molar refractivity (Wildman–Crippen MR) is 299 cm³/mol. The van der Waals surface area contributed by atoms with Crippen molar-refractivity contribution in [1.82, 2.24) is 39.5 Å². The number of benzene rings is 6. The van der Waals surface area contributed by atoms with Gasteiger partial charge in [-0.25, -0.2) is 39.5 Å². The third-order valence-electron chi connectivity index (χ3n) is 13.2. The molecule has 10 aromatic rings. The Balaban J connectivity index is 0.000000158. The Labute approximate surface area is 480 Å². The lowest BCUT2D eigenvalue weighted by Gasteiger charge is -2.26. The minimum atomic E-state index is -1.58. The first-order valence-corrected chi connectivity index (χ1v) is 26.3. The zero-order chi connectivity index (χ0) is 56.7. The second-order valence-corrected chi connectivity index (χ2v) is 19.9. The summed E-state index contributed by atoms with van der Waals surface area (Å²) in [6.45, 7) is 0. The number of esters is 2. The summed E-state index contributed by atoms with van der Waals surface area (Å²) in [7, 11) is 0. The number of nitrogens with zero attached hydrogens (tertiary/aromatic N) is 7. The van der Waals surface area contributed by atoms with E-state index in [-0.39, 0.29) is 5.15 Å². The summed E-state index contributed by atoms with van der Waals surface area (Å²) in [5.74, 6) is -1.26. The molecular weight excluding hydrogens is 1130 g/mol. The highest BCUT2D eigenvalue weighted by molar-refractivity contribution is 6.33. The van der Waals surface area contributed by atoms with Crippen molar-refractivity contribution in [2.75, 3.05) is 0 Å². The van der Waals surface area contributed by atoms with E-state index in [0.717, 1.165) is 22.3 Å². The smallest absolute Gasteiger partial charge is 0.338 e. The predicted octanol–water partition coefficient (Wildman–Crippen LogP) is 9.37. The fourth-order valence-corrected chi connectivity index (χ4v) is 9.64. The molecule has 6 heterocycles. The fraction of sp³-hybridized carbons (Fsp3) is 0.172. The third-order valence-corrected chi connectivity index (χ3v) is 14.3. The fourth-order valence-electron chi connectivity index (χ4n) is 9.03. The van der Waals surface area contributed by atoms with Crippen LogP contribution in [0.3, 0.4) is 0 Å². The zero-order valence-corrected chi connectivity index (χ0v) is 44.9. The van der Waals surface area contributed by atoms with Crippen molar-refractivity contribution in [3.8, 4) is 22.3 Å². The van der Waals surface area contributed by atoms with Crippen molar-refractivity contribution in [3.63, 3.8) is 0 Å². The van der Waals surface area contributed by atoms with Crippen LogP contribution in [0.5, 0.6) is 0 Å². The van der Waals surface area contributed by atoms with E-state index in [1.54, 1.807) is 72.8 Å². The lowest BCUT2D eigenvalue weighted by molar-refractivity contribution is -0.148. The summed E-state index contributed by atoms with van der Waals surface area (Å²) in [4.78, 5) is 52.8. The Morgan fingerprint density at radius 2 is 0.975 bits per heavy atom. The number of fused-ring (bicyclic) bond motifs is 2. The number of hydrogen-bond donors (Lipinski definition) is 6. The molecule has 0 bridgehead atoms. The highest BCUT2D eigenvalue weighted by atomic mass is 35.5. The van der Waals surface area contributed by atoms with Gasteiger partial charge in [-0.2, -0.15) is 0 Å². The zero-order valence-electron chi connectivity index (χ0n) is 41.9. The second-order valence-electron chi connectivity index (χ2n) is 18.3. The van der Waals surface area contributed by atoms with Gasteiger partial charge >= 0.3 is 11.9 Å². The number of carbonyl (C=O) groups is 2. The number of aromatic amines is 1. The van der Waals surface area contributed by atoms with Gasteiger partial charge in [-0.3, -0.25) is 4.57 Å². The van der Waals surface area contributed by atoms with Crippen molar-refractivity contribution in [2.45, 2.75) is 61.3 Å². The molecular formula is C58H46Cl4N8O11. The van der Waals surface area contributed by atoms with E-state index in [1.165, 1.54) is 29.9 Å². The van der Waals surface area contributed by atoms with Crippen molar-refractivity contribution in [3.05, 3.63) is 226 Å². The van der Waals surface area contributed by atoms with Gasteiger partial charge in [-0.15, -0.1) is 0 Å². The number of halogens is 4. The van der Waals surface area contributed by atoms with Crippen molar-refractivity contribution >= 4 is 80.7 Å². The number of ether oxygens (including phenoxy) is 4. The number of nitrogens with one attached hydrogen (secondary N) is 1. The van der Waals surface area contributed by atoms with E-state index in [9.17, 15) is 35.1 Å². The monoisotopic (exact) mass is 1170 g/mol. The van der Waals surface area contributed by atoms with Gasteiger partial charge in [0, 0.05) is 10.0 Å². The molecule has 12 rings (SSSR count). The molecule has 6 aromatic carbocycles. The molecule has 81 heavy (non-hydrogen) atoms. The largest absolute Gasteiger partial charge is 0.451 e.